The number of nitrogens with zero attached hydrogens (tertiary/aromatic N) is 4. The van der Waals surface area contributed by atoms with E-state index in [9.17, 15) is 4.79 Å². The summed E-state index contributed by atoms with van der Waals surface area (Å²) in [5.74, 6) is -0.0538. The molecule has 0 aliphatic rings. The Hall–Kier alpha value is -4.11. The number of rotatable bonds is 9. The molecule has 1 heterocycles. The Balaban J connectivity index is 1.51. The van der Waals surface area contributed by atoms with Gasteiger partial charge in [0, 0.05) is 12.2 Å². The summed E-state index contributed by atoms with van der Waals surface area (Å²) in [5, 5.41) is 24.2. The van der Waals surface area contributed by atoms with Crippen molar-refractivity contribution in [3.8, 4) is 23.2 Å². The fourth-order valence-electron chi connectivity index (χ4n) is 3.09. The summed E-state index contributed by atoms with van der Waals surface area (Å²) in [6.45, 7) is 2.79. The molecule has 0 aliphatic carbocycles. The van der Waals surface area contributed by atoms with Crippen LogP contribution in [0.5, 0.6) is 17.5 Å². The highest BCUT2D eigenvalue weighted by Crippen LogP contribution is 2.33. The van der Waals surface area contributed by atoms with Crippen LogP contribution in [0.2, 0.25) is 5.02 Å². The smallest absolute Gasteiger partial charge is 0.346 e. The molecule has 168 valence electrons. The number of ether oxygens (including phenoxy) is 2. The number of carboxylic acid groups (broad SMARTS) is 1. The summed E-state index contributed by atoms with van der Waals surface area (Å²) in [6, 6.07) is 19.9. The summed E-state index contributed by atoms with van der Waals surface area (Å²) in [4.78, 5) is 11.1. The molecule has 10 heteroatoms. The Bertz CT molecular complexity index is 1260. The number of aromatic carboxylic acids is 1. The molecular formula is C23H20ClN5O4. The number of carbonyl (C=O) groups is 1. The van der Waals surface area contributed by atoms with Gasteiger partial charge in [-0.2, -0.15) is 4.68 Å². The highest BCUT2D eigenvalue weighted by molar-refractivity contribution is 6.33. The largest absolute Gasteiger partial charge is 0.490 e. The molecular weight excluding hydrogens is 446 g/mol. The predicted octanol–water partition coefficient (Wildman–Crippen LogP) is 4.82. The molecule has 33 heavy (non-hydrogen) atoms. The standard InChI is InChI=1S/C23H20ClN5O4/c1-2-32-21-12-15(14-25-16-9-10-18(22(30)31)19(24)13-16)8-11-20(21)33-23-26-27-28-29(23)17-6-4-3-5-7-17/h3-13,25H,2,14H2,1H3,(H,30,31). The van der Waals surface area contributed by atoms with Crippen molar-refractivity contribution in [1.29, 1.82) is 0 Å². The molecule has 0 unspecified atom stereocenters. The first-order valence-corrected chi connectivity index (χ1v) is 10.5. The maximum Gasteiger partial charge on any atom is 0.346 e. The Morgan fingerprint density at radius 2 is 1.91 bits per heavy atom. The normalized spacial score (nSPS) is 10.6. The van der Waals surface area contributed by atoms with Crippen LogP contribution in [0.4, 0.5) is 5.69 Å². The summed E-state index contributed by atoms with van der Waals surface area (Å²) >= 11 is 6.04. The number of hydrogen-bond donors (Lipinski definition) is 2. The third kappa shape index (κ3) is 5.21. The highest BCUT2D eigenvalue weighted by atomic mass is 35.5. The maximum atomic E-state index is 11.1. The molecule has 2 N–H and O–H groups in total. The lowest BCUT2D eigenvalue weighted by molar-refractivity contribution is 0.0697. The second-order valence-electron chi connectivity index (χ2n) is 6.88. The molecule has 0 radical (unpaired) electrons. The zero-order valence-corrected chi connectivity index (χ0v) is 18.4. The Labute approximate surface area is 194 Å². The van der Waals surface area contributed by atoms with Gasteiger partial charge in [-0.3, -0.25) is 0 Å². The van der Waals surface area contributed by atoms with Gasteiger partial charge in [0.1, 0.15) is 0 Å². The highest BCUT2D eigenvalue weighted by Gasteiger charge is 2.15. The number of nitrogens with one attached hydrogen (secondary N) is 1. The summed E-state index contributed by atoms with van der Waals surface area (Å²) in [7, 11) is 0. The van der Waals surface area contributed by atoms with E-state index in [0.29, 0.717) is 30.3 Å². The lowest BCUT2D eigenvalue weighted by Crippen LogP contribution is -2.04. The van der Waals surface area contributed by atoms with Crippen molar-refractivity contribution in [2.24, 2.45) is 0 Å². The number of anilines is 1. The van der Waals surface area contributed by atoms with Crippen molar-refractivity contribution in [3.63, 3.8) is 0 Å². The summed E-state index contributed by atoms with van der Waals surface area (Å²) in [6.07, 6.45) is 0. The van der Waals surface area contributed by atoms with Gasteiger partial charge in [0.05, 0.1) is 22.9 Å². The second kappa shape index (κ2) is 10.0. The number of para-hydroxylation sites is 1. The number of halogens is 1. The number of tetrazole rings is 1. The number of benzene rings is 3. The van der Waals surface area contributed by atoms with Crippen molar-refractivity contribution in [2.45, 2.75) is 13.5 Å². The minimum atomic E-state index is -1.07. The van der Waals surface area contributed by atoms with Crippen LogP contribution < -0.4 is 14.8 Å². The molecule has 0 saturated carbocycles. The van der Waals surface area contributed by atoms with Crippen molar-refractivity contribution in [2.75, 3.05) is 11.9 Å². The molecule has 0 fully saturated rings. The molecule has 0 bridgehead atoms. The molecule has 0 atom stereocenters. The molecule has 0 amide bonds. The van der Waals surface area contributed by atoms with E-state index in [2.05, 4.69) is 20.8 Å². The first-order chi connectivity index (χ1) is 16.0. The average Bonchev–Trinajstić information content (AvgIpc) is 3.28. The molecule has 0 spiro atoms. The van der Waals surface area contributed by atoms with Gasteiger partial charge in [-0.15, -0.1) is 0 Å². The van der Waals surface area contributed by atoms with E-state index < -0.39 is 5.97 Å². The van der Waals surface area contributed by atoms with Gasteiger partial charge in [0.15, 0.2) is 11.5 Å². The van der Waals surface area contributed by atoms with Gasteiger partial charge in [-0.1, -0.05) is 41.0 Å². The van der Waals surface area contributed by atoms with E-state index in [0.717, 1.165) is 11.3 Å². The predicted molar refractivity (Wildman–Crippen MR) is 123 cm³/mol. The zero-order chi connectivity index (χ0) is 23.2. The van der Waals surface area contributed by atoms with Crippen molar-refractivity contribution in [1.82, 2.24) is 20.2 Å². The van der Waals surface area contributed by atoms with Crippen LogP contribution in [-0.4, -0.2) is 37.9 Å². The van der Waals surface area contributed by atoms with E-state index >= 15 is 0 Å². The first kappa shape index (κ1) is 22.1. The summed E-state index contributed by atoms with van der Waals surface area (Å²) < 4.78 is 13.2. The van der Waals surface area contributed by atoms with Gasteiger partial charge in [0.2, 0.25) is 0 Å². The van der Waals surface area contributed by atoms with Gasteiger partial charge in [-0.05, 0) is 65.4 Å². The monoisotopic (exact) mass is 465 g/mol. The SMILES string of the molecule is CCOc1cc(CNc2ccc(C(=O)O)c(Cl)c2)ccc1Oc1nnnn1-c1ccccc1. The Morgan fingerprint density at radius 1 is 1.09 bits per heavy atom. The minimum Gasteiger partial charge on any atom is -0.490 e. The first-order valence-electron chi connectivity index (χ1n) is 10.1. The van der Waals surface area contributed by atoms with Gasteiger partial charge in [-0.25, -0.2) is 4.79 Å². The van der Waals surface area contributed by atoms with Crippen molar-refractivity contribution >= 4 is 23.3 Å². The lowest BCUT2D eigenvalue weighted by atomic mass is 10.1. The van der Waals surface area contributed by atoms with E-state index in [1.807, 2.05) is 49.4 Å². The average molecular weight is 466 g/mol. The minimum absolute atomic E-state index is 0.0557. The molecule has 4 aromatic rings. The topological polar surface area (TPSA) is 111 Å². The fraction of sp³-hybridized carbons (Fsp3) is 0.130. The van der Waals surface area contributed by atoms with Crippen LogP contribution >= 0.6 is 11.6 Å². The Morgan fingerprint density at radius 3 is 2.64 bits per heavy atom. The zero-order valence-electron chi connectivity index (χ0n) is 17.6. The van der Waals surface area contributed by atoms with Crippen molar-refractivity contribution < 1.29 is 19.4 Å². The number of hydrogen-bond acceptors (Lipinski definition) is 7. The van der Waals surface area contributed by atoms with Crippen LogP contribution in [0, 0.1) is 0 Å². The quantitative estimate of drug-likeness (QED) is 0.362. The van der Waals surface area contributed by atoms with Gasteiger partial charge in [0.25, 0.3) is 0 Å². The number of aromatic nitrogens is 4. The molecule has 4 rings (SSSR count). The summed E-state index contributed by atoms with van der Waals surface area (Å²) in [5.41, 5.74) is 2.45. The van der Waals surface area contributed by atoms with Gasteiger partial charge < -0.3 is 19.9 Å². The molecule has 0 saturated heterocycles. The van der Waals surface area contributed by atoms with Crippen LogP contribution in [0.1, 0.15) is 22.8 Å². The second-order valence-corrected chi connectivity index (χ2v) is 7.29. The van der Waals surface area contributed by atoms with E-state index in [4.69, 9.17) is 26.2 Å². The molecule has 9 nitrogen and oxygen atoms in total. The third-order valence-corrected chi connectivity index (χ3v) is 4.96. The third-order valence-electron chi connectivity index (χ3n) is 4.65. The Kier molecular flexibility index (Phi) is 6.70. The number of carboxylic acids is 1. The van der Waals surface area contributed by atoms with Crippen molar-refractivity contribution in [3.05, 3.63) is 82.9 Å². The van der Waals surface area contributed by atoms with Crippen LogP contribution in [0.3, 0.4) is 0 Å². The van der Waals surface area contributed by atoms with Gasteiger partial charge >= 0.3 is 12.0 Å². The lowest BCUT2D eigenvalue weighted by Gasteiger charge is -2.14. The molecule has 0 aliphatic heterocycles. The fourth-order valence-corrected chi connectivity index (χ4v) is 3.35. The van der Waals surface area contributed by atoms with E-state index in [1.54, 1.807) is 18.2 Å². The van der Waals surface area contributed by atoms with E-state index in [-0.39, 0.29) is 16.6 Å². The maximum absolute atomic E-state index is 11.1. The van der Waals surface area contributed by atoms with Crippen LogP contribution in [0.15, 0.2) is 66.7 Å². The molecule has 1 aromatic heterocycles. The van der Waals surface area contributed by atoms with Crippen LogP contribution in [-0.2, 0) is 6.54 Å². The molecule has 3 aromatic carbocycles. The van der Waals surface area contributed by atoms with E-state index in [1.165, 1.54) is 10.7 Å². The van der Waals surface area contributed by atoms with Crippen LogP contribution in [0.25, 0.3) is 5.69 Å².